The average molecular weight is 318 g/mol. The summed E-state index contributed by atoms with van der Waals surface area (Å²) >= 11 is 1.40. The highest BCUT2D eigenvalue weighted by atomic mass is 32.1. The molecule has 0 spiro atoms. The van der Waals surface area contributed by atoms with Gasteiger partial charge in [0.15, 0.2) is 0 Å². The topological polar surface area (TPSA) is 78.4 Å². The van der Waals surface area contributed by atoms with E-state index >= 15 is 0 Å². The Hall–Kier alpha value is -2.18. The van der Waals surface area contributed by atoms with Crippen LogP contribution in [0.2, 0.25) is 0 Å². The Morgan fingerprint density at radius 2 is 1.91 bits per heavy atom. The van der Waals surface area contributed by atoms with Gasteiger partial charge in [-0.2, -0.15) is 0 Å². The second-order valence-corrected chi connectivity index (χ2v) is 5.73. The molecular weight excluding hydrogens is 300 g/mol. The standard InChI is InChI=1S/C16H18N2O3S/c1-2-11-5-7-12(8-6-11)18-16(21)15(20)17-10-13(19)14-4-3-9-22-14/h3-9,13,19H,2,10H2,1H3,(H,17,20)(H,18,21). The maximum absolute atomic E-state index is 11.8. The van der Waals surface area contributed by atoms with Crippen LogP contribution in [-0.4, -0.2) is 23.5 Å². The van der Waals surface area contributed by atoms with Crippen molar-refractivity contribution in [1.82, 2.24) is 5.32 Å². The Morgan fingerprint density at radius 3 is 2.50 bits per heavy atom. The number of nitrogens with one attached hydrogen (secondary N) is 2. The molecule has 0 saturated carbocycles. The molecule has 6 heteroatoms. The maximum Gasteiger partial charge on any atom is 0.313 e. The van der Waals surface area contributed by atoms with Crippen molar-refractivity contribution in [2.45, 2.75) is 19.4 Å². The van der Waals surface area contributed by atoms with E-state index in [1.807, 2.05) is 30.5 Å². The minimum Gasteiger partial charge on any atom is -0.386 e. The highest BCUT2D eigenvalue weighted by molar-refractivity contribution is 7.10. The number of aryl methyl sites for hydroxylation is 1. The van der Waals surface area contributed by atoms with Gasteiger partial charge in [-0.25, -0.2) is 0 Å². The van der Waals surface area contributed by atoms with Crippen molar-refractivity contribution >= 4 is 28.8 Å². The molecule has 1 unspecified atom stereocenters. The highest BCUT2D eigenvalue weighted by Gasteiger charge is 2.16. The fourth-order valence-electron chi connectivity index (χ4n) is 1.86. The van der Waals surface area contributed by atoms with E-state index in [4.69, 9.17) is 0 Å². The van der Waals surface area contributed by atoms with E-state index in [-0.39, 0.29) is 6.54 Å². The molecule has 3 N–H and O–H groups in total. The zero-order valence-corrected chi connectivity index (χ0v) is 13.0. The van der Waals surface area contributed by atoms with Gasteiger partial charge in [0.2, 0.25) is 0 Å². The van der Waals surface area contributed by atoms with Crippen LogP contribution in [0.3, 0.4) is 0 Å². The van der Waals surface area contributed by atoms with Gasteiger partial charge >= 0.3 is 11.8 Å². The molecule has 0 radical (unpaired) electrons. The van der Waals surface area contributed by atoms with Crippen LogP contribution in [0.4, 0.5) is 5.69 Å². The molecule has 5 nitrogen and oxygen atoms in total. The number of rotatable bonds is 5. The number of aliphatic hydroxyl groups excluding tert-OH is 1. The Balaban J connectivity index is 1.82. The molecular formula is C16H18N2O3S. The molecule has 2 rings (SSSR count). The quantitative estimate of drug-likeness (QED) is 0.739. The Labute approximate surface area is 133 Å². The lowest BCUT2D eigenvalue weighted by molar-refractivity contribution is -0.136. The summed E-state index contributed by atoms with van der Waals surface area (Å²) in [4.78, 5) is 24.2. The fraction of sp³-hybridized carbons (Fsp3) is 0.250. The first-order chi connectivity index (χ1) is 10.6. The summed E-state index contributed by atoms with van der Waals surface area (Å²) in [7, 11) is 0. The maximum atomic E-state index is 11.8. The minimum absolute atomic E-state index is 0.00153. The molecule has 0 bridgehead atoms. The molecule has 116 valence electrons. The number of amides is 2. The number of carbonyl (C=O) groups is 2. The van der Waals surface area contributed by atoms with Gasteiger partial charge in [0, 0.05) is 17.1 Å². The van der Waals surface area contributed by atoms with Gasteiger partial charge in [0.05, 0.1) is 0 Å². The highest BCUT2D eigenvalue weighted by Crippen LogP contribution is 2.17. The summed E-state index contributed by atoms with van der Waals surface area (Å²) in [5, 5.41) is 16.6. The molecule has 0 fully saturated rings. The van der Waals surface area contributed by atoms with E-state index in [1.165, 1.54) is 11.3 Å². The van der Waals surface area contributed by atoms with Gasteiger partial charge in [0.25, 0.3) is 0 Å². The largest absolute Gasteiger partial charge is 0.386 e. The van der Waals surface area contributed by atoms with Crippen LogP contribution >= 0.6 is 11.3 Å². The third-order valence-corrected chi connectivity index (χ3v) is 4.13. The second kappa shape index (κ2) is 7.72. The van der Waals surface area contributed by atoms with Gasteiger partial charge in [-0.05, 0) is 35.6 Å². The van der Waals surface area contributed by atoms with E-state index < -0.39 is 17.9 Å². The summed E-state index contributed by atoms with van der Waals surface area (Å²) in [6.07, 6.45) is 0.107. The monoisotopic (exact) mass is 318 g/mol. The first kappa shape index (κ1) is 16.2. The molecule has 1 atom stereocenters. The lowest BCUT2D eigenvalue weighted by Gasteiger charge is -2.10. The summed E-state index contributed by atoms with van der Waals surface area (Å²) in [6.45, 7) is 2.04. The zero-order valence-electron chi connectivity index (χ0n) is 12.2. The molecule has 2 aromatic rings. The van der Waals surface area contributed by atoms with E-state index in [9.17, 15) is 14.7 Å². The van der Waals surface area contributed by atoms with Crippen LogP contribution in [-0.2, 0) is 16.0 Å². The molecule has 0 aliphatic rings. The summed E-state index contributed by atoms with van der Waals surface area (Å²) in [5.74, 6) is -1.52. The predicted molar refractivity (Wildman–Crippen MR) is 86.7 cm³/mol. The zero-order chi connectivity index (χ0) is 15.9. The SMILES string of the molecule is CCc1ccc(NC(=O)C(=O)NCC(O)c2cccs2)cc1. The summed E-state index contributed by atoms with van der Waals surface area (Å²) in [5.41, 5.74) is 1.72. The molecule has 2 amide bonds. The molecule has 0 aliphatic heterocycles. The Morgan fingerprint density at radius 1 is 1.18 bits per heavy atom. The molecule has 1 aromatic carbocycles. The number of thiophene rings is 1. The van der Waals surface area contributed by atoms with Crippen molar-refractivity contribution in [3.05, 3.63) is 52.2 Å². The van der Waals surface area contributed by atoms with Gasteiger partial charge in [-0.3, -0.25) is 9.59 Å². The number of benzene rings is 1. The van der Waals surface area contributed by atoms with Crippen LogP contribution < -0.4 is 10.6 Å². The first-order valence-electron chi connectivity index (χ1n) is 6.99. The Kier molecular flexibility index (Phi) is 5.68. The third-order valence-electron chi connectivity index (χ3n) is 3.15. The van der Waals surface area contributed by atoms with Crippen LogP contribution in [0.25, 0.3) is 0 Å². The minimum atomic E-state index is -0.805. The van der Waals surface area contributed by atoms with Crippen LogP contribution in [0.5, 0.6) is 0 Å². The molecule has 22 heavy (non-hydrogen) atoms. The normalized spacial score (nSPS) is 11.7. The fourth-order valence-corrected chi connectivity index (χ4v) is 2.57. The molecule has 0 saturated heterocycles. The first-order valence-corrected chi connectivity index (χ1v) is 7.87. The van der Waals surface area contributed by atoms with Crippen molar-refractivity contribution < 1.29 is 14.7 Å². The van der Waals surface area contributed by atoms with Gasteiger partial charge in [-0.15, -0.1) is 11.3 Å². The number of anilines is 1. The van der Waals surface area contributed by atoms with Crippen molar-refractivity contribution in [2.24, 2.45) is 0 Å². The molecule has 1 heterocycles. The third kappa shape index (κ3) is 4.41. The number of hydrogen-bond donors (Lipinski definition) is 3. The van der Waals surface area contributed by atoms with Crippen molar-refractivity contribution in [1.29, 1.82) is 0 Å². The van der Waals surface area contributed by atoms with Crippen molar-refractivity contribution in [3.8, 4) is 0 Å². The number of aliphatic hydroxyl groups is 1. The van der Waals surface area contributed by atoms with Crippen LogP contribution in [0.15, 0.2) is 41.8 Å². The molecule has 1 aromatic heterocycles. The smallest absolute Gasteiger partial charge is 0.313 e. The summed E-state index contributed by atoms with van der Waals surface area (Å²) in [6, 6.07) is 10.9. The van der Waals surface area contributed by atoms with E-state index in [0.717, 1.165) is 16.9 Å². The lowest BCUT2D eigenvalue weighted by Crippen LogP contribution is -2.37. The van der Waals surface area contributed by atoms with Crippen molar-refractivity contribution in [3.63, 3.8) is 0 Å². The number of hydrogen-bond acceptors (Lipinski definition) is 4. The average Bonchev–Trinajstić information content (AvgIpc) is 3.07. The Bertz CT molecular complexity index is 623. The van der Waals surface area contributed by atoms with Crippen LogP contribution in [0.1, 0.15) is 23.5 Å². The molecule has 0 aliphatic carbocycles. The number of carbonyl (C=O) groups excluding carboxylic acids is 2. The van der Waals surface area contributed by atoms with Crippen molar-refractivity contribution in [2.75, 3.05) is 11.9 Å². The van der Waals surface area contributed by atoms with E-state index in [1.54, 1.807) is 18.2 Å². The van der Waals surface area contributed by atoms with Gasteiger partial charge in [0.1, 0.15) is 6.10 Å². The summed E-state index contributed by atoms with van der Waals surface area (Å²) < 4.78 is 0. The second-order valence-electron chi connectivity index (χ2n) is 4.75. The van der Waals surface area contributed by atoms with Gasteiger partial charge in [-0.1, -0.05) is 25.1 Å². The van der Waals surface area contributed by atoms with Crippen LogP contribution in [0, 0.1) is 0 Å². The van der Waals surface area contributed by atoms with Gasteiger partial charge < -0.3 is 15.7 Å². The van der Waals surface area contributed by atoms with E-state index in [2.05, 4.69) is 10.6 Å². The predicted octanol–water partition coefficient (Wildman–Crippen LogP) is 2.10. The lowest BCUT2D eigenvalue weighted by atomic mass is 10.1. The van der Waals surface area contributed by atoms with E-state index in [0.29, 0.717) is 5.69 Å².